The molecule has 1 aliphatic heterocycles. The molecule has 1 saturated heterocycles. The first-order valence-corrected chi connectivity index (χ1v) is 8.86. The molecule has 7 heteroatoms. The molecule has 0 bridgehead atoms. The van der Waals surface area contributed by atoms with Crippen molar-refractivity contribution in [1.82, 2.24) is 15.5 Å². The Morgan fingerprint density at radius 2 is 2.17 bits per heavy atom. The quantitative estimate of drug-likeness (QED) is 0.382. The number of piperidine rings is 1. The van der Waals surface area contributed by atoms with Gasteiger partial charge in [-0.1, -0.05) is 29.3 Å². The molecule has 4 nitrogen and oxygen atoms in total. The molecule has 24 heavy (non-hydrogen) atoms. The molecule has 1 aromatic rings. The largest absolute Gasteiger partial charge is 0.356 e. The molecule has 1 aromatic carbocycles. The third-order valence-corrected chi connectivity index (χ3v) is 4.85. The maximum atomic E-state index is 6.28. The fraction of sp³-hybridized carbons (Fsp3) is 0.588. The van der Waals surface area contributed by atoms with Crippen molar-refractivity contribution >= 4 is 53.1 Å². The highest BCUT2D eigenvalue weighted by Gasteiger charge is 2.18. The summed E-state index contributed by atoms with van der Waals surface area (Å²) in [5.41, 5.74) is 1.01. The second kappa shape index (κ2) is 10.7. The molecule has 2 N–H and O–H groups in total. The Morgan fingerprint density at radius 3 is 2.79 bits per heavy atom. The number of benzene rings is 1. The summed E-state index contributed by atoms with van der Waals surface area (Å²) in [5, 5.41) is 8.14. The molecule has 0 aliphatic carbocycles. The number of halogens is 3. The Balaban J connectivity index is 0.00000288. The van der Waals surface area contributed by atoms with E-state index in [0.717, 1.165) is 24.6 Å². The summed E-state index contributed by atoms with van der Waals surface area (Å²) in [6.45, 7) is 5.35. The van der Waals surface area contributed by atoms with E-state index in [9.17, 15) is 0 Å². The Morgan fingerprint density at radius 1 is 1.42 bits per heavy atom. The zero-order chi connectivity index (χ0) is 16.8. The van der Waals surface area contributed by atoms with Crippen LogP contribution in [0.2, 0.25) is 10.0 Å². The molecule has 1 aliphatic rings. The maximum absolute atomic E-state index is 6.28. The van der Waals surface area contributed by atoms with Gasteiger partial charge >= 0.3 is 0 Å². The maximum Gasteiger partial charge on any atom is 0.191 e. The summed E-state index contributed by atoms with van der Waals surface area (Å²) < 4.78 is 0. The summed E-state index contributed by atoms with van der Waals surface area (Å²) >= 11 is 12.2. The monoisotopic (exact) mass is 484 g/mol. The van der Waals surface area contributed by atoms with Gasteiger partial charge in [-0.05, 0) is 57.0 Å². The van der Waals surface area contributed by atoms with Crippen molar-refractivity contribution < 1.29 is 0 Å². The highest BCUT2D eigenvalue weighted by molar-refractivity contribution is 14.0. The second-order valence-corrected chi connectivity index (χ2v) is 7.10. The number of aliphatic imine (C=N–C) groups is 1. The van der Waals surface area contributed by atoms with E-state index in [1.165, 1.54) is 19.4 Å². The van der Waals surface area contributed by atoms with Gasteiger partial charge in [0.25, 0.3) is 0 Å². The van der Waals surface area contributed by atoms with Gasteiger partial charge in [-0.2, -0.15) is 0 Å². The van der Waals surface area contributed by atoms with Crippen molar-refractivity contribution in [3.8, 4) is 0 Å². The standard InChI is InChI=1S/C17H26Cl2N4.HI/c1-12(15-7-6-14(18)9-16(15)19)22-17(20-2)21-10-13-5-4-8-23(3)11-13;/h6-7,9,12-13H,4-5,8,10-11H2,1-3H3,(H2,20,21,22);1H. The van der Waals surface area contributed by atoms with Crippen LogP contribution in [0.25, 0.3) is 0 Å². The number of rotatable bonds is 4. The Labute approximate surface area is 172 Å². The Kier molecular flexibility index (Phi) is 9.71. The number of hydrogen-bond donors (Lipinski definition) is 2. The smallest absolute Gasteiger partial charge is 0.191 e. The summed E-state index contributed by atoms with van der Waals surface area (Å²) in [5.74, 6) is 1.47. The molecule has 136 valence electrons. The van der Waals surface area contributed by atoms with Crippen molar-refractivity contribution in [3.63, 3.8) is 0 Å². The molecular formula is C17H27Cl2IN4. The van der Waals surface area contributed by atoms with Crippen LogP contribution in [0.1, 0.15) is 31.4 Å². The highest BCUT2D eigenvalue weighted by atomic mass is 127. The minimum atomic E-state index is 0. The molecule has 2 atom stereocenters. The zero-order valence-electron chi connectivity index (χ0n) is 14.5. The first-order valence-electron chi connectivity index (χ1n) is 8.10. The molecule has 2 unspecified atom stereocenters. The van der Waals surface area contributed by atoms with Gasteiger partial charge in [-0.15, -0.1) is 24.0 Å². The Bertz CT molecular complexity index is 553. The fourth-order valence-electron chi connectivity index (χ4n) is 3.01. The van der Waals surface area contributed by atoms with Gasteiger partial charge in [0.1, 0.15) is 0 Å². The summed E-state index contributed by atoms with van der Waals surface area (Å²) in [6.07, 6.45) is 2.54. The number of likely N-dealkylation sites (tertiary alicyclic amines) is 1. The van der Waals surface area contributed by atoms with Gasteiger partial charge in [-0.25, -0.2) is 0 Å². The van der Waals surface area contributed by atoms with Crippen LogP contribution in [0.4, 0.5) is 0 Å². The summed E-state index contributed by atoms with van der Waals surface area (Å²) in [7, 11) is 3.97. The number of nitrogens with one attached hydrogen (secondary N) is 2. The van der Waals surface area contributed by atoms with E-state index in [4.69, 9.17) is 23.2 Å². The third-order valence-electron chi connectivity index (χ3n) is 4.29. The van der Waals surface area contributed by atoms with E-state index in [-0.39, 0.29) is 30.0 Å². The van der Waals surface area contributed by atoms with Crippen LogP contribution in [0.15, 0.2) is 23.2 Å². The number of nitrogens with zero attached hydrogens (tertiary/aromatic N) is 2. The lowest BCUT2D eigenvalue weighted by Crippen LogP contribution is -2.44. The molecule has 1 heterocycles. The van der Waals surface area contributed by atoms with Crippen LogP contribution >= 0.6 is 47.2 Å². The lowest BCUT2D eigenvalue weighted by molar-refractivity contribution is 0.210. The normalized spacial score (nSPS) is 20.2. The summed E-state index contributed by atoms with van der Waals surface area (Å²) in [4.78, 5) is 6.71. The van der Waals surface area contributed by atoms with Gasteiger partial charge in [0.15, 0.2) is 5.96 Å². The van der Waals surface area contributed by atoms with Gasteiger partial charge < -0.3 is 15.5 Å². The molecular weight excluding hydrogens is 458 g/mol. The van der Waals surface area contributed by atoms with Crippen molar-refractivity contribution in [2.75, 3.05) is 33.7 Å². The van der Waals surface area contributed by atoms with E-state index in [1.54, 1.807) is 13.1 Å². The van der Waals surface area contributed by atoms with Crippen LogP contribution in [0, 0.1) is 5.92 Å². The van der Waals surface area contributed by atoms with Crippen LogP contribution in [-0.2, 0) is 0 Å². The number of guanidine groups is 1. The van der Waals surface area contributed by atoms with Crippen molar-refractivity contribution in [2.24, 2.45) is 10.9 Å². The Hall–Kier alpha value is -0.240. The second-order valence-electron chi connectivity index (χ2n) is 6.26. The zero-order valence-corrected chi connectivity index (χ0v) is 18.3. The minimum absolute atomic E-state index is 0. The molecule has 0 saturated carbocycles. The molecule has 0 spiro atoms. The van der Waals surface area contributed by atoms with Crippen molar-refractivity contribution in [3.05, 3.63) is 33.8 Å². The third kappa shape index (κ3) is 6.58. The van der Waals surface area contributed by atoms with Crippen LogP contribution < -0.4 is 10.6 Å². The van der Waals surface area contributed by atoms with E-state index >= 15 is 0 Å². The molecule has 0 radical (unpaired) electrons. The predicted octanol–water partition coefficient (Wildman–Crippen LogP) is 4.18. The molecule has 1 fully saturated rings. The van der Waals surface area contributed by atoms with Gasteiger partial charge in [0.05, 0.1) is 6.04 Å². The number of hydrogen-bond acceptors (Lipinski definition) is 2. The van der Waals surface area contributed by atoms with Gasteiger partial charge in [0, 0.05) is 30.2 Å². The first-order chi connectivity index (χ1) is 11.0. The van der Waals surface area contributed by atoms with E-state index in [2.05, 4.69) is 34.5 Å². The van der Waals surface area contributed by atoms with Gasteiger partial charge in [-0.3, -0.25) is 4.99 Å². The van der Waals surface area contributed by atoms with E-state index < -0.39 is 0 Å². The molecule has 2 rings (SSSR count). The van der Waals surface area contributed by atoms with Crippen LogP contribution in [0.5, 0.6) is 0 Å². The van der Waals surface area contributed by atoms with Gasteiger partial charge in [0.2, 0.25) is 0 Å². The predicted molar refractivity (Wildman–Crippen MR) is 115 cm³/mol. The summed E-state index contributed by atoms with van der Waals surface area (Å²) in [6, 6.07) is 5.63. The SMILES string of the molecule is CN=C(NCC1CCCN(C)C1)NC(C)c1ccc(Cl)cc1Cl.I. The van der Waals surface area contributed by atoms with E-state index in [1.807, 2.05) is 12.1 Å². The first kappa shape index (κ1) is 21.8. The minimum Gasteiger partial charge on any atom is -0.356 e. The van der Waals surface area contributed by atoms with Crippen LogP contribution in [0.3, 0.4) is 0 Å². The topological polar surface area (TPSA) is 39.7 Å². The van der Waals surface area contributed by atoms with Crippen molar-refractivity contribution in [2.45, 2.75) is 25.8 Å². The molecule has 0 aromatic heterocycles. The fourth-order valence-corrected chi connectivity index (χ4v) is 3.58. The lowest BCUT2D eigenvalue weighted by atomic mass is 9.98. The highest BCUT2D eigenvalue weighted by Crippen LogP contribution is 2.26. The average Bonchev–Trinajstić information content (AvgIpc) is 2.51. The van der Waals surface area contributed by atoms with E-state index in [0.29, 0.717) is 16.0 Å². The lowest BCUT2D eigenvalue weighted by Gasteiger charge is -2.30. The average molecular weight is 485 g/mol. The molecule has 0 amide bonds. The van der Waals surface area contributed by atoms with Crippen LogP contribution in [-0.4, -0.2) is 44.6 Å². The van der Waals surface area contributed by atoms with Crippen molar-refractivity contribution in [1.29, 1.82) is 0 Å².